The molecule has 1 aromatic heterocycles. The van der Waals surface area contributed by atoms with Crippen molar-refractivity contribution < 1.29 is 14.3 Å². The Hall–Kier alpha value is -1.73. The third kappa shape index (κ3) is 4.14. The van der Waals surface area contributed by atoms with Crippen LogP contribution in [0.2, 0.25) is 0 Å². The molecule has 116 valence electrons. The molecule has 0 radical (unpaired) electrons. The highest BCUT2D eigenvalue weighted by Gasteiger charge is 2.18. The van der Waals surface area contributed by atoms with Crippen molar-refractivity contribution in [1.82, 2.24) is 4.98 Å². The molecule has 0 aliphatic heterocycles. The molecule has 1 heterocycles. The molecule has 22 heavy (non-hydrogen) atoms. The molecule has 0 bridgehead atoms. The van der Waals surface area contributed by atoms with Crippen LogP contribution in [0.3, 0.4) is 0 Å². The summed E-state index contributed by atoms with van der Waals surface area (Å²) in [5.74, 6) is 0.194. The van der Waals surface area contributed by atoms with Gasteiger partial charge >= 0.3 is 0 Å². The zero-order chi connectivity index (χ0) is 16.3. The number of hydrogen-bond acceptors (Lipinski definition) is 5. The first kappa shape index (κ1) is 16.6. The monoisotopic (exact) mass is 382 g/mol. The van der Waals surface area contributed by atoms with Crippen LogP contribution < -0.4 is 10.1 Å². The van der Waals surface area contributed by atoms with E-state index < -0.39 is 6.10 Å². The molecule has 1 unspecified atom stereocenters. The lowest BCUT2D eigenvalue weighted by atomic mass is 10.2. The molecule has 0 aliphatic carbocycles. The second-order valence-corrected chi connectivity index (χ2v) is 6.65. The largest absolute Gasteiger partial charge is 0.480 e. The molecule has 0 spiro atoms. The van der Waals surface area contributed by atoms with Crippen LogP contribution in [0, 0.1) is 6.92 Å². The van der Waals surface area contributed by atoms with Crippen LogP contribution >= 0.6 is 27.3 Å². The van der Waals surface area contributed by atoms with E-state index in [1.165, 1.54) is 13.1 Å². The molecule has 5 nitrogen and oxygen atoms in total. The van der Waals surface area contributed by atoms with E-state index in [1.807, 2.05) is 19.1 Å². The van der Waals surface area contributed by atoms with E-state index in [-0.39, 0.29) is 11.7 Å². The topological polar surface area (TPSA) is 68.3 Å². The zero-order valence-corrected chi connectivity index (χ0v) is 14.7. The molecule has 7 heteroatoms. The van der Waals surface area contributed by atoms with Gasteiger partial charge in [0.15, 0.2) is 17.0 Å². The van der Waals surface area contributed by atoms with E-state index in [0.29, 0.717) is 15.8 Å². The predicted molar refractivity (Wildman–Crippen MR) is 89.7 cm³/mol. The number of hydrogen-bond donors (Lipinski definition) is 1. The first-order chi connectivity index (χ1) is 10.4. The molecule has 0 saturated heterocycles. The van der Waals surface area contributed by atoms with Crippen LogP contribution in [0.25, 0.3) is 0 Å². The number of aromatic nitrogens is 1. The second kappa shape index (κ2) is 7.02. The molecule has 2 rings (SSSR count). The molecular weight excluding hydrogens is 368 g/mol. The number of carbonyl (C=O) groups is 2. The third-order valence-corrected chi connectivity index (χ3v) is 4.48. The van der Waals surface area contributed by atoms with Gasteiger partial charge in [-0.3, -0.25) is 14.9 Å². The Balaban J connectivity index is 2.00. The standard InChI is InChI=1S/C15H15BrN2O3S/c1-8-4-5-12(11(16)6-8)21-10(3)14(20)18-15-17-7-13(22-15)9(2)19/h4-7,10H,1-3H3,(H,17,18,20). The van der Waals surface area contributed by atoms with E-state index in [0.717, 1.165) is 21.4 Å². The number of nitrogens with one attached hydrogen (secondary N) is 1. The zero-order valence-electron chi connectivity index (χ0n) is 12.3. The van der Waals surface area contributed by atoms with E-state index in [4.69, 9.17) is 4.74 Å². The summed E-state index contributed by atoms with van der Waals surface area (Å²) >= 11 is 4.55. The summed E-state index contributed by atoms with van der Waals surface area (Å²) in [6.07, 6.45) is 0.758. The molecule has 2 aromatic rings. The van der Waals surface area contributed by atoms with Crippen molar-refractivity contribution in [2.45, 2.75) is 26.9 Å². The van der Waals surface area contributed by atoms with E-state index in [2.05, 4.69) is 26.2 Å². The third-order valence-electron chi connectivity index (χ3n) is 2.84. The SMILES string of the molecule is CC(=O)c1cnc(NC(=O)C(C)Oc2ccc(C)cc2Br)s1. The summed E-state index contributed by atoms with van der Waals surface area (Å²) in [4.78, 5) is 27.8. The van der Waals surface area contributed by atoms with Crippen molar-refractivity contribution in [3.05, 3.63) is 39.3 Å². The highest BCUT2D eigenvalue weighted by molar-refractivity contribution is 9.10. The normalized spacial score (nSPS) is 11.8. The Bertz CT molecular complexity index is 715. The van der Waals surface area contributed by atoms with Gasteiger partial charge in [0.25, 0.3) is 5.91 Å². The number of nitrogens with zero attached hydrogens (tertiary/aromatic N) is 1. The maximum atomic E-state index is 12.1. The molecule has 0 fully saturated rings. The number of ether oxygens (including phenoxy) is 1. The average Bonchev–Trinajstić information content (AvgIpc) is 2.90. The summed E-state index contributed by atoms with van der Waals surface area (Å²) in [7, 11) is 0. The van der Waals surface area contributed by atoms with Crippen LogP contribution in [0.1, 0.15) is 29.1 Å². The molecular formula is C15H15BrN2O3S. The predicted octanol–water partition coefficient (Wildman–Crippen LogP) is 3.82. The number of Topliss-reactive ketones (excluding diaryl/α,β-unsaturated/α-hetero) is 1. The summed E-state index contributed by atoms with van der Waals surface area (Å²) in [5, 5.41) is 3.03. The van der Waals surface area contributed by atoms with Gasteiger partial charge in [-0.25, -0.2) is 4.98 Å². The van der Waals surface area contributed by atoms with Crippen LogP contribution in [0.5, 0.6) is 5.75 Å². The lowest BCUT2D eigenvalue weighted by Gasteiger charge is -2.15. The summed E-state index contributed by atoms with van der Waals surface area (Å²) < 4.78 is 6.43. The number of aryl methyl sites for hydroxylation is 1. The van der Waals surface area contributed by atoms with Crippen molar-refractivity contribution in [3.8, 4) is 5.75 Å². The van der Waals surface area contributed by atoms with E-state index in [9.17, 15) is 9.59 Å². The van der Waals surface area contributed by atoms with Crippen molar-refractivity contribution in [1.29, 1.82) is 0 Å². The van der Waals surface area contributed by atoms with Crippen LogP contribution in [0.4, 0.5) is 5.13 Å². The van der Waals surface area contributed by atoms with Crippen LogP contribution in [0.15, 0.2) is 28.9 Å². The summed E-state index contributed by atoms with van der Waals surface area (Å²) in [6, 6.07) is 5.63. The van der Waals surface area contributed by atoms with Gasteiger partial charge in [0, 0.05) is 6.92 Å². The Kier molecular flexibility index (Phi) is 5.31. The van der Waals surface area contributed by atoms with Gasteiger partial charge in [0.2, 0.25) is 0 Å². The number of anilines is 1. The van der Waals surface area contributed by atoms with Crippen molar-refractivity contribution in [3.63, 3.8) is 0 Å². The molecule has 1 N–H and O–H groups in total. The summed E-state index contributed by atoms with van der Waals surface area (Å²) in [6.45, 7) is 5.08. The van der Waals surface area contributed by atoms with Crippen molar-refractivity contribution in [2.24, 2.45) is 0 Å². The van der Waals surface area contributed by atoms with Gasteiger partial charge in [-0.05, 0) is 47.5 Å². The van der Waals surface area contributed by atoms with Gasteiger partial charge in [-0.2, -0.15) is 0 Å². The lowest BCUT2D eigenvalue weighted by Crippen LogP contribution is -2.30. The molecule has 1 amide bonds. The number of thiazole rings is 1. The summed E-state index contributed by atoms with van der Waals surface area (Å²) in [5.41, 5.74) is 1.09. The van der Waals surface area contributed by atoms with Gasteiger partial charge in [0.05, 0.1) is 15.5 Å². The Morgan fingerprint density at radius 2 is 2.14 bits per heavy atom. The number of halogens is 1. The minimum Gasteiger partial charge on any atom is -0.480 e. The number of ketones is 1. The Morgan fingerprint density at radius 3 is 2.73 bits per heavy atom. The lowest BCUT2D eigenvalue weighted by molar-refractivity contribution is -0.122. The van der Waals surface area contributed by atoms with Gasteiger partial charge in [0.1, 0.15) is 5.75 Å². The molecule has 0 aliphatic rings. The number of carbonyl (C=O) groups excluding carboxylic acids is 2. The van der Waals surface area contributed by atoms with Gasteiger partial charge in [-0.1, -0.05) is 17.4 Å². The molecule has 1 atom stereocenters. The highest BCUT2D eigenvalue weighted by Crippen LogP contribution is 2.27. The Morgan fingerprint density at radius 1 is 1.41 bits per heavy atom. The highest BCUT2D eigenvalue weighted by atomic mass is 79.9. The fourth-order valence-electron chi connectivity index (χ4n) is 1.65. The number of amides is 1. The fraction of sp³-hybridized carbons (Fsp3) is 0.267. The number of benzene rings is 1. The minimum atomic E-state index is -0.691. The van der Waals surface area contributed by atoms with Crippen molar-refractivity contribution >= 4 is 44.1 Å². The fourth-order valence-corrected chi connectivity index (χ4v) is 2.95. The second-order valence-electron chi connectivity index (χ2n) is 4.77. The van der Waals surface area contributed by atoms with Crippen LogP contribution in [-0.4, -0.2) is 22.8 Å². The van der Waals surface area contributed by atoms with Crippen LogP contribution in [-0.2, 0) is 4.79 Å². The Labute approximate surface area is 140 Å². The van der Waals surface area contributed by atoms with Gasteiger partial charge < -0.3 is 4.74 Å². The van der Waals surface area contributed by atoms with E-state index >= 15 is 0 Å². The molecule has 0 saturated carbocycles. The number of rotatable bonds is 5. The average molecular weight is 383 g/mol. The molecule has 1 aromatic carbocycles. The first-order valence-electron chi connectivity index (χ1n) is 6.57. The maximum Gasteiger partial charge on any atom is 0.266 e. The minimum absolute atomic E-state index is 0.0779. The van der Waals surface area contributed by atoms with Crippen molar-refractivity contribution in [2.75, 3.05) is 5.32 Å². The van der Waals surface area contributed by atoms with E-state index in [1.54, 1.807) is 13.0 Å². The van der Waals surface area contributed by atoms with Gasteiger partial charge in [-0.15, -0.1) is 0 Å². The maximum absolute atomic E-state index is 12.1. The quantitative estimate of drug-likeness (QED) is 0.797. The first-order valence-corrected chi connectivity index (χ1v) is 8.18. The smallest absolute Gasteiger partial charge is 0.266 e.